The van der Waals surface area contributed by atoms with Gasteiger partial charge in [-0.15, -0.1) is 0 Å². The zero-order valence-electron chi connectivity index (χ0n) is 5.34. The molecule has 0 aromatic rings. The van der Waals surface area contributed by atoms with Crippen molar-refractivity contribution in [2.75, 3.05) is 21.3 Å². The molecule has 0 radical (unpaired) electrons. The molecule has 0 aromatic carbocycles. The van der Waals surface area contributed by atoms with E-state index in [0.29, 0.717) is 0 Å². The SMILES string of the molecule is CO.CO.CO.O.[Zr]. The molecule has 0 aliphatic rings. The van der Waals surface area contributed by atoms with Crippen LogP contribution in [-0.2, 0) is 26.2 Å². The predicted octanol–water partition coefficient (Wildman–Crippen LogP) is -2.00. The summed E-state index contributed by atoms with van der Waals surface area (Å²) in [5, 5.41) is 21.0. The fourth-order valence-corrected chi connectivity index (χ4v) is 0. The van der Waals surface area contributed by atoms with E-state index in [1.807, 2.05) is 0 Å². The van der Waals surface area contributed by atoms with Gasteiger partial charge in [0.15, 0.2) is 0 Å². The van der Waals surface area contributed by atoms with E-state index >= 15 is 0 Å². The van der Waals surface area contributed by atoms with Gasteiger partial charge in [-0.2, -0.15) is 0 Å². The molecular weight excluding hydrogens is 191 g/mol. The summed E-state index contributed by atoms with van der Waals surface area (Å²) in [5.74, 6) is 0. The predicted molar refractivity (Wildman–Crippen MR) is 28.0 cm³/mol. The van der Waals surface area contributed by atoms with Crippen molar-refractivity contribution in [1.29, 1.82) is 0 Å². The van der Waals surface area contributed by atoms with Crippen LogP contribution in [0.3, 0.4) is 0 Å². The Labute approximate surface area is 68.6 Å². The first-order valence-electron chi connectivity index (χ1n) is 1.34. The van der Waals surface area contributed by atoms with Crippen molar-refractivity contribution < 1.29 is 47.0 Å². The van der Waals surface area contributed by atoms with E-state index in [4.69, 9.17) is 15.3 Å². The van der Waals surface area contributed by atoms with Crippen LogP contribution in [-0.4, -0.2) is 42.1 Å². The molecule has 5 heteroatoms. The molecule has 0 aliphatic carbocycles. The molecule has 0 saturated carbocycles. The van der Waals surface area contributed by atoms with E-state index in [2.05, 4.69) is 0 Å². The zero-order valence-corrected chi connectivity index (χ0v) is 7.80. The van der Waals surface area contributed by atoms with E-state index in [9.17, 15) is 0 Å². The van der Waals surface area contributed by atoms with Gasteiger partial charge in [-0.3, -0.25) is 0 Å². The third-order valence-corrected chi connectivity index (χ3v) is 0. The second-order valence-electron chi connectivity index (χ2n) is 0. The standard InChI is InChI=1S/3CH4O.H2O.Zr/c3*1-2;;/h3*2H,1H3;1H2;. The van der Waals surface area contributed by atoms with Crippen LogP contribution in [0.5, 0.6) is 0 Å². The van der Waals surface area contributed by atoms with E-state index < -0.39 is 0 Å². The van der Waals surface area contributed by atoms with Crippen molar-refractivity contribution in [2.45, 2.75) is 0 Å². The largest absolute Gasteiger partial charge is 0.412 e. The molecule has 0 unspecified atom stereocenters. The van der Waals surface area contributed by atoms with E-state index in [-0.39, 0.29) is 31.7 Å². The van der Waals surface area contributed by atoms with Gasteiger partial charge < -0.3 is 20.8 Å². The van der Waals surface area contributed by atoms with Gasteiger partial charge in [0.1, 0.15) is 0 Å². The van der Waals surface area contributed by atoms with Crippen molar-refractivity contribution >= 4 is 0 Å². The first kappa shape index (κ1) is 37.5. The molecule has 5 N–H and O–H groups in total. The summed E-state index contributed by atoms with van der Waals surface area (Å²) in [6.45, 7) is 0. The van der Waals surface area contributed by atoms with E-state index in [0.717, 1.165) is 21.3 Å². The molecule has 0 aromatic heterocycles. The van der Waals surface area contributed by atoms with Crippen molar-refractivity contribution in [3.8, 4) is 0 Å². The third kappa shape index (κ3) is 421. The quantitative estimate of drug-likeness (QED) is 0.427. The number of hydrogen-bond acceptors (Lipinski definition) is 3. The molecule has 0 amide bonds. The second-order valence-corrected chi connectivity index (χ2v) is 0. The Kier molecular flexibility index (Phi) is 3130. The molecule has 0 saturated heterocycles. The maximum Gasteiger partial charge on any atom is 0.0319 e. The smallest absolute Gasteiger partial charge is 0.0319 e. The van der Waals surface area contributed by atoms with Crippen LogP contribution in [0, 0.1) is 0 Å². The zero-order chi connectivity index (χ0) is 6.00. The molecule has 0 aliphatic heterocycles. The second kappa shape index (κ2) is 668. The van der Waals surface area contributed by atoms with Crippen LogP contribution < -0.4 is 0 Å². The van der Waals surface area contributed by atoms with Gasteiger partial charge in [0.2, 0.25) is 0 Å². The summed E-state index contributed by atoms with van der Waals surface area (Å²) in [6, 6.07) is 0. The summed E-state index contributed by atoms with van der Waals surface area (Å²) in [5.41, 5.74) is 0. The van der Waals surface area contributed by atoms with Gasteiger partial charge in [0.25, 0.3) is 0 Å². The van der Waals surface area contributed by atoms with Crippen molar-refractivity contribution in [2.24, 2.45) is 0 Å². The van der Waals surface area contributed by atoms with Crippen LogP contribution in [0.25, 0.3) is 0 Å². The van der Waals surface area contributed by atoms with Gasteiger partial charge in [-0.1, -0.05) is 0 Å². The van der Waals surface area contributed by atoms with Gasteiger partial charge in [0, 0.05) is 47.5 Å². The Balaban J connectivity index is -0.00000000500. The Bertz CT molecular complexity index is 11.2. The normalized spacial score (nSPS) is 2.25. The van der Waals surface area contributed by atoms with E-state index in [1.54, 1.807) is 0 Å². The third-order valence-electron chi connectivity index (χ3n) is 0. The Morgan fingerprint density at radius 2 is 0.625 bits per heavy atom. The molecule has 0 spiro atoms. The first-order valence-corrected chi connectivity index (χ1v) is 1.34. The molecule has 0 fully saturated rings. The Morgan fingerprint density at radius 3 is 0.625 bits per heavy atom. The minimum Gasteiger partial charge on any atom is -0.412 e. The number of aliphatic hydroxyl groups is 3. The van der Waals surface area contributed by atoms with Crippen LogP contribution in [0.4, 0.5) is 0 Å². The summed E-state index contributed by atoms with van der Waals surface area (Å²) in [7, 11) is 3.00. The fourth-order valence-electron chi connectivity index (χ4n) is 0. The molecule has 54 valence electrons. The molecule has 8 heavy (non-hydrogen) atoms. The minimum atomic E-state index is 0. The molecule has 0 bridgehead atoms. The monoisotopic (exact) mass is 204 g/mol. The molecular formula is C3H14O4Zr. The fraction of sp³-hybridized carbons (Fsp3) is 1.00. The maximum atomic E-state index is 7.00. The minimum absolute atomic E-state index is 0. The summed E-state index contributed by atoms with van der Waals surface area (Å²) >= 11 is 0. The number of aliphatic hydroxyl groups excluding tert-OH is 3. The Morgan fingerprint density at radius 1 is 0.625 bits per heavy atom. The number of rotatable bonds is 0. The summed E-state index contributed by atoms with van der Waals surface area (Å²) in [6.07, 6.45) is 0. The van der Waals surface area contributed by atoms with E-state index in [1.165, 1.54) is 0 Å². The van der Waals surface area contributed by atoms with Crippen LogP contribution in [0.2, 0.25) is 0 Å². The average Bonchev–Trinajstić information content (AvgIpc) is 1.81. The molecule has 0 heterocycles. The number of hydrogen-bond donors (Lipinski definition) is 3. The molecule has 0 atom stereocenters. The van der Waals surface area contributed by atoms with Gasteiger partial charge in [-0.05, 0) is 0 Å². The van der Waals surface area contributed by atoms with Gasteiger partial charge in [0.05, 0.1) is 0 Å². The molecule has 0 rings (SSSR count). The Hall–Kier alpha value is 0.723. The van der Waals surface area contributed by atoms with Crippen molar-refractivity contribution in [3.05, 3.63) is 0 Å². The first-order chi connectivity index (χ1) is 3.00. The van der Waals surface area contributed by atoms with Gasteiger partial charge >= 0.3 is 0 Å². The van der Waals surface area contributed by atoms with Crippen LogP contribution in [0.1, 0.15) is 0 Å². The van der Waals surface area contributed by atoms with Crippen molar-refractivity contribution in [1.82, 2.24) is 0 Å². The van der Waals surface area contributed by atoms with Gasteiger partial charge in [-0.25, -0.2) is 0 Å². The van der Waals surface area contributed by atoms with Crippen LogP contribution in [0.15, 0.2) is 0 Å². The average molecular weight is 205 g/mol. The maximum absolute atomic E-state index is 7.00. The summed E-state index contributed by atoms with van der Waals surface area (Å²) in [4.78, 5) is 0. The topological polar surface area (TPSA) is 92.2 Å². The van der Waals surface area contributed by atoms with Crippen LogP contribution >= 0.6 is 0 Å². The summed E-state index contributed by atoms with van der Waals surface area (Å²) < 4.78 is 0. The molecule has 4 nitrogen and oxygen atoms in total. The van der Waals surface area contributed by atoms with Crippen molar-refractivity contribution in [3.63, 3.8) is 0 Å².